The Hall–Kier alpha value is -2.14. The second-order valence-electron chi connectivity index (χ2n) is 3.19. The number of halogens is 1. The van der Waals surface area contributed by atoms with Gasteiger partial charge in [0.2, 0.25) is 0 Å². The predicted octanol–water partition coefficient (Wildman–Crippen LogP) is 2.47. The Morgan fingerprint density at radius 1 is 1.61 bits per heavy atom. The Morgan fingerprint density at radius 3 is 2.78 bits per heavy atom. The second kappa shape index (κ2) is 5.97. The van der Waals surface area contributed by atoms with E-state index < -0.39 is 11.1 Å². The highest BCUT2D eigenvalue weighted by atomic mass is 79.9. The van der Waals surface area contributed by atoms with Crippen LogP contribution in [0.1, 0.15) is 11.1 Å². The monoisotopic (exact) mass is 314 g/mol. The molecule has 0 aromatic heterocycles. The smallest absolute Gasteiger partial charge is 0.450 e. The number of benzene rings is 1. The van der Waals surface area contributed by atoms with Crippen LogP contribution in [0.3, 0.4) is 0 Å². The lowest BCUT2D eigenvalue weighted by Gasteiger charge is -2.06. The van der Waals surface area contributed by atoms with Crippen LogP contribution >= 0.6 is 15.9 Å². The molecule has 94 valence electrons. The number of hydrogen-bond acceptors (Lipinski definition) is 5. The molecule has 0 aliphatic carbocycles. The van der Waals surface area contributed by atoms with Gasteiger partial charge < -0.3 is 9.84 Å². The normalized spacial score (nSPS) is 9.56. The van der Waals surface area contributed by atoms with Gasteiger partial charge in [0.25, 0.3) is 5.69 Å². The molecule has 0 bridgehead atoms. The van der Waals surface area contributed by atoms with Crippen LogP contribution in [-0.4, -0.2) is 22.8 Å². The first kappa shape index (κ1) is 13.9. The van der Waals surface area contributed by atoms with Gasteiger partial charge in [-0.15, -0.1) is 0 Å². The third kappa shape index (κ3) is 3.43. The molecule has 1 N–H and O–H groups in total. The fraction of sp³-hybridized carbons (Fsp3) is 0.200. The summed E-state index contributed by atoms with van der Waals surface area (Å²) in [6, 6.07) is 4.38. The van der Waals surface area contributed by atoms with Gasteiger partial charge in [-0.3, -0.25) is 10.1 Å². The third-order valence-electron chi connectivity index (χ3n) is 2.08. The average molecular weight is 315 g/mol. The van der Waals surface area contributed by atoms with Crippen LogP contribution in [0.15, 0.2) is 16.6 Å². The Balaban J connectivity index is 3.06. The van der Waals surface area contributed by atoms with Gasteiger partial charge in [0.15, 0.2) is 0 Å². The molecule has 0 aliphatic heterocycles. The number of hydrogen-bond donors (Lipinski definition) is 1. The zero-order valence-corrected chi connectivity index (χ0v) is 10.5. The summed E-state index contributed by atoms with van der Waals surface area (Å²) in [6.45, 7) is -0.194. The number of ether oxygens (including phenoxy) is 1. The van der Waals surface area contributed by atoms with Crippen LogP contribution in [-0.2, 0) is 11.2 Å². The van der Waals surface area contributed by atoms with Crippen molar-refractivity contribution < 1.29 is 19.6 Å². The van der Waals surface area contributed by atoms with Gasteiger partial charge in [-0.25, -0.2) is 4.79 Å². The largest absolute Gasteiger partial charge is 0.505 e. The minimum absolute atomic E-state index is 0.0505. The van der Waals surface area contributed by atoms with Crippen molar-refractivity contribution in [2.75, 3.05) is 6.61 Å². The molecule has 7 nitrogen and oxygen atoms in total. The molecule has 0 radical (unpaired) electrons. The summed E-state index contributed by atoms with van der Waals surface area (Å²) >= 11 is 3.12. The Kier molecular flexibility index (Phi) is 4.62. The highest BCUT2D eigenvalue weighted by Crippen LogP contribution is 2.29. The lowest BCUT2D eigenvalue weighted by molar-refractivity contribution is -0.385. The molecule has 1 aromatic rings. The van der Waals surface area contributed by atoms with Gasteiger partial charge in [-0.2, -0.15) is 5.26 Å². The van der Waals surface area contributed by atoms with E-state index in [1.807, 2.05) is 0 Å². The van der Waals surface area contributed by atoms with Crippen molar-refractivity contribution in [2.24, 2.45) is 0 Å². The zero-order chi connectivity index (χ0) is 13.7. The van der Waals surface area contributed by atoms with Crippen molar-refractivity contribution >= 4 is 27.8 Å². The third-order valence-corrected chi connectivity index (χ3v) is 2.78. The maximum atomic E-state index is 10.9. The van der Waals surface area contributed by atoms with E-state index in [4.69, 9.17) is 10.4 Å². The summed E-state index contributed by atoms with van der Waals surface area (Å²) in [4.78, 5) is 20.4. The fourth-order valence-electron chi connectivity index (χ4n) is 1.34. The van der Waals surface area contributed by atoms with E-state index in [1.165, 1.54) is 6.07 Å². The molecular weight excluding hydrogens is 308 g/mol. The van der Waals surface area contributed by atoms with Gasteiger partial charge in [0.05, 0.1) is 23.2 Å². The summed E-state index contributed by atoms with van der Waals surface area (Å²) in [7, 11) is 0. The van der Waals surface area contributed by atoms with Crippen molar-refractivity contribution in [2.45, 2.75) is 6.42 Å². The molecule has 0 amide bonds. The van der Waals surface area contributed by atoms with Crippen LogP contribution in [0.4, 0.5) is 10.5 Å². The molecule has 0 heterocycles. The lowest BCUT2D eigenvalue weighted by atomic mass is 10.1. The van der Waals surface area contributed by atoms with Crippen LogP contribution < -0.4 is 0 Å². The summed E-state index contributed by atoms with van der Waals surface area (Å²) in [5.74, 6) is 0. The van der Waals surface area contributed by atoms with E-state index >= 15 is 0 Å². The van der Waals surface area contributed by atoms with Crippen LogP contribution in [0, 0.1) is 21.4 Å². The van der Waals surface area contributed by atoms with Crippen molar-refractivity contribution in [3.8, 4) is 6.07 Å². The first-order chi connectivity index (χ1) is 8.45. The van der Waals surface area contributed by atoms with E-state index in [1.54, 1.807) is 6.07 Å². The predicted molar refractivity (Wildman–Crippen MR) is 63.2 cm³/mol. The number of carbonyl (C=O) groups is 1. The zero-order valence-electron chi connectivity index (χ0n) is 8.92. The molecule has 0 saturated heterocycles. The highest BCUT2D eigenvalue weighted by molar-refractivity contribution is 9.10. The molecule has 0 unspecified atom stereocenters. The minimum atomic E-state index is -1.44. The Morgan fingerprint density at radius 2 is 2.28 bits per heavy atom. The van der Waals surface area contributed by atoms with Crippen molar-refractivity contribution in [1.82, 2.24) is 0 Å². The summed E-state index contributed by atoms with van der Waals surface area (Å²) < 4.78 is 4.68. The SMILES string of the molecule is N#Cc1cc(Br)c(CCOC(=O)O)c([N+](=O)[O-])c1. The number of nitro groups is 1. The summed E-state index contributed by atoms with van der Waals surface area (Å²) in [6.07, 6.45) is -1.39. The van der Waals surface area contributed by atoms with Crippen molar-refractivity contribution in [1.29, 1.82) is 5.26 Å². The maximum Gasteiger partial charge on any atom is 0.505 e. The van der Waals surface area contributed by atoms with Gasteiger partial charge in [0.1, 0.15) is 0 Å². The van der Waals surface area contributed by atoms with E-state index in [9.17, 15) is 14.9 Å². The molecule has 8 heteroatoms. The lowest BCUT2D eigenvalue weighted by Crippen LogP contribution is -2.07. The Labute approximate surface area is 110 Å². The molecule has 1 aromatic carbocycles. The first-order valence-electron chi connectivity index (χ1n) is 4.68. The molecule has 0 fully saturated rings. The van der Waals surface area contributed by atoms with Crippen molar-refractivity contribution in [3.63, 3.8) is 0 Å². The molecule has 1 rings (SSSR count). The number of rotatable bonds is 4. The standard InChI is InChI=1S/C10H7BrN2O5/c11-8-3-6(5-12)4-9(13(16)17)7(8)1-2-18-10(14)15/h3-4H,1-2H2,(H,14,15). The van der Waals surface area contributed by atoms with Gasteiger partial charge in [0, 0.05) is 22.5 Å². The van der Waals surface area contributed by atoms with Crippen molar-refractivity contribution in [3.05, 3.63) is 37.8 Å². The van der Waals surface area contributed by atoms with Crippen LogP contribution in [0.25, 0.3) is 0 Å². The van der Waals surface area contributed by atoms with Crippen LogP contribution in [0.5, 0.6) is 0 Å². The maximum absolute atomic E-state index is 10.9. The molecule has 0 atom stereocenters. The fourth-order valence-corrected chi connectivity index (χ4v) is 1.99. The van der Waals surface area contributed by atoms with E-state index in [-0.39, 0.29) is 24.3 Å². The summed E-state index contributed by atoms with van der Waals surface area (Å²) in [5.41, 5.74) is 0.201. The minimum Gasteiger partial charge on any atom is -0.450 e. The molecular formula is C10H7BrN2O5. The van der Waals surface area contributed by atoms with E-state index in [0.29, 0.717) is 10.0 Å². The van der Waals surface area contributed by atoms with Crippen LogP contribution in [0.2, 0.25) is 0 Å². The van der Waals surface area contributed by atoms with E-state index in [0.717, 1.165) is 6.07 Å². The molecule has 0 spiro atoms. The van der Waals surface area contributed by atoms with Gasteiger partial charge in [-0.05, 0) is 6.07 Å². The number of carboxylic acid groups (broad SMARTS) is 1. The number of nitrogens with zero attached hydrogens (tertiary/aromatic N) is 2. The second-order valence-corrected chi connectivity index (χ2v) is 4.04. The average Bonchev–Trinajstić information content (AvgIpc) is 2.29. The van der Waals surface area contributed by atoms with E-state index in [2.05, 4.69) is 20.7 Å². The topological polar surface area (TPSA) is 113 Å². The quantitative estimate of drug-likeness (QED) is 0.518. The molecule has 18 heavy (non-hydrogen) atoms. The first-order valence-corrected chi connectivity index (χ1v) is 5.47. The Bertz CT molecular complexity index is 538. The number of nitro benzene ring substituents is 1. The van der Waals surface area contributed by atoms with Gasteiger partial charge >= 0.3 is 6.16 Å². The van der Waals surface area contributed by atoms with Gasteiger partial charge in [-0.1, -0.05) is 15.9 Å². The summed E-state index contributed by atoms with van der Waals surface area (Å²) in [5, 5.41) is 27.9. The molecule has 0 aliphatic rings. The molecule has 0 saturated carbocycles. The highest BCUT2D eigenvalue weighted by Gasteiger charge is 2.18. The number of nitriles is 1.